The Morgan fingerprint density at radius 1 is 1.39 bits per heavy atom. The zero-order valence-corrected chi connectivity index (χ0v) is 14.3. The van der Waals surface area contributed by atoms with Gasteiger partial charge in [-0.15, -0.1) is 0 Å². The van der Waals surface area contributed by atoms with Crippen LogP contribution < -0.4 is 0 Å². The number of aliphatic carboxylic acids is 1. The lowest BCUT2D eigenvalue weighted by Gasteiger charge is -2.12. The third kappa shape index (κ3) is 2.85. The highest BCUT2D eigenvalue weighted by Crippen LogP contribution is 2.31. The Hall–Kier alpha value is -1.89. The van der Waals surface area contributed by atoms with Crippen LogP contribution in [0.2, 0.25) is 5.15 Å². The van der Waals surface area contributed by atoms with E-state index in [-0.39, 0.29) is 10.7 Å². The minimum Gasteiger partial charge on any atom is -0.479 e. The molecule has 7 heteroatoms. The van der Waals surface area contributed by atoms with Crippen molar-refractivity contribution in [2.24, 2.45) is 0 Å². The average Bonchev–Trinajstić information content (AvgIpc) is 2.91. The fraction of sp³-hybridized carbons (Fsp3) is 0.125. The summed E-state index contributed by atoms with van der Waals surface area (Å²) < 4.78 is 2.50. The van der Waals surface area contributed by atoms with Crippen LogP contribution in [-0.2, 0) is 4.79 Å². The molecule has 0 bridgehead atoms. The van der Waals surface area contributed by atoms with Gasteiger partial charge in [0.2, 0.25) is 0 Å². The molecule has 0 saturated carbocycles. The summed E-state index contributed by atoms with van der Waals surface area (Å²) in [5, 5.41) is 19.0. The number of pyridine rings is 1. The van der Waals surface area contributed by atoms with E-state index in [0.29, 0.717) is 16.9 Å². The number of nitrogens with zero attached hydrogens (tertiary/aromatic N) is 2. The van der Waals surface area contributed by atoms with Crippen LogP contribution in [0.1, 0.15) is 17.2 Å². The largest absolute Gasteiger partial charge is 0.479 e. The second-order valence-corrected chi connectivity index (χ2v) is 6.41. The second kappa shape index (κ2) is 5.96. The van der Waals surface area contributed by atoms with E-state index >= 15 is 0 Å². The fourth-order valence-corrected chi connectivity index (χ4v) is 3.24. The maximum atomic E-state index is 11.1. The first-order chi connectivity index (χ1) is 10.9. The molecular weight excluding hydrogens is 384 g/mol. The summed E-state index contributed by atoms with van der Waals surface area (Å²) in [7, 11) is 0. The van der Waals surface area contributed by atoms with Crippen LogP contribution in [-0.4, -0.2) is 25.6 Å². The van der Waals surface area contributed by atoms with Crippen molar-refractivity contribution in [3.8, 4) is 11.3 Å². The molecule has 5 nitrogen and oxygen atoms in total. The van der Waals surface area contributed by atoms with Gasteiger partial charge in [0.15, 0.2) is 6.10 Å². The summed E-state index contributed by atoms with van der Waals surface area (Å²) >= 11 is 9.73. The van der Waals surface area contributed by atoms with E-state index in [1.165, 1.54) is 0 Å². The zero-order valence-electron chi connectivity index (χ0n) is 12.0. The Bertz CT molecular complexity index is 923. The van der Waals surface area contributed by atoms with Crippen LogP contribution in [0, 0.1) is 6.92 Å². The number of aliphatic hydroxyl groups is 1. The Labute approximate surface area is 145 Å². The van der Waals surface area contributed by atoms with E-state index in [1.54, 1.807) is 23.6 Å². The molecule has 1 aromatic carbocycles. The molecule has 0 radical (unpaired) electrons. The number of benzene rings is 1. The second-order valence-electron chi connectivity index (χ2n) is 5.14. The number of aromatic nitrogens is 2. The lowest BCUT2D eigenvalue weighted by Crippen LogP contribution is -2.13. The smallest absolute Gasteiger partial charge is 0.337 e. The third-order valence-corrected chi connectivity index (χ3v) is 4.44. The molecule has 23 heavy (non-hydrogen) atoms. The number of halogens is 2. The van der Waals surface area contributed by atoms with E-state index in [9.17, 15) is 9.90 Å². The van der Waals surface area contributed by atoms with E-state index in [4.69, 9.17) is 16.7 Å². The van der Waals surface area contributed by atoms with Gasteiger partial charge in [0.25, 0.3) is 0 Å². The van der Waals surface area contributed by atoms with E-state index in [0.717, 1.165) is 10.0 Å². The first-order valence-corrected chi connectivity index (χ1v) is 7.90. The van der Waals surface area contributed by atoms with Gasteiger partial charge in [-0.1, -0.05) is 39.7 Å². The number of carboxylic acids is 1. The van der Waals surface area contributed by atoms with Gasteiger partial charge in [0.1, 0.15) is 10.8 Å². The maximum Gasteiger partial charge on any atom is 0.337 e. The molecule has 0 saturated heterocycles. The zero-order chi connectivity index (χ0) is 16.7. The van der Waals surface area contributed by atoms with Gasteiger partial charge in [-0.2, -0.15) is 0 Å². The summed E-state index contributed by atoms with van der Waals surface area (Å²) in [5.41, 5.74) is 2.93. The number of hydrogen-bond acceptors (Lipinski definition) is 3. The highest BCUT2D eigenvalue weighted by atomic mass is 79.9. The Morgan fingerprint density at radius 2 is 2.13 bits per heavy atom. The molecule has 2 aromatic heterocycles. The summed E-state index contributed by atoms with van der Waals surface area (Å²) in [6.07, 6.45) is 0.0420. The van der Waals surface area contributed by atoms with Crippen molar-refractivity contribution in [2.45, 2.75) is 13.0 Å². The fourth-order valence-electron chi connectivity index (χ4n) is 2.46. The van der Waals surface area contributed by atoms with Crippen molar-refractivity contribution < 1.29 is 15.0 Å². The lowest BCUT2D eigenvalue weighted by molar-refractivity contribution is -0.147. The van der Waals surface area contributed by atoms with Crippen molar-refractivity contribution in [3.05, 3.63) is 57.3 Å². The van der Waals surface area contributed by atoms with E-state index in [1.807, 2.05) is 24.3 Å². The first-order valence-electron chi connectivity index (χ1n) is 6.73. The maximum absolute atomic E-state index is 11.1. The van der Waals surface area contributed by atoms with Gasteiger partial charge in [-0.25, -0.2) is 9.78 Å². The lowest BCUT2D eigenvalue weighted by atomic mass is 10.1. The summed E-state index contributed by atoms with van der Waals surface area (Å²) in [6.45, 7) is 1.70. The molecule has 1 atom stereocenters. The molecule has 0 spiro atoms. The number of carbonyl (C=O) groups is 1. The summed E-state index contributed by atoms with van der Waals surface area (Å²) in [6, 6.07) is 9.36. The highest BCUT2D eigenvalue weighted by Gasteiger charge is 2.24. The van der Waals surface area contributed by atoms with Crippen molar-refractivity contribution in [1.29, 1.82) is 0 Å². The van der Waals surface area contributed by atoms with Gasteiger partial charge in [0, 0.05) is 21.8 Å². The summed E-state index contributed by atoms with van der Waals surface area (Å²) in [4.78, 5) is 15.6. The molecule has 0 fully saturated rings. The van der Waals surface area contributed by atoms with Crippen LogP contribution in [0.5, 0.6) is 0 Å². The third-order valence-electron chi connectivity index (χ3n) is 3.57. The highest BCUT2D eigenvalue weighted by molar-refractivity contribution is 9.10. The number of hydrogen-bond donors (Lipinski definition) is 2. The number of imidazole rings is 1. The molecular formula is C16H12BrClN2O3. The van der Waals surface area contributed by atoms with Crippen LogP contribution in [0.3, 0.4) is 0 Å². The Balaban J connectivity index is 2.21. The number of fused-ring (bicyclic) bond motifs is 1. The van der Waals surface area contributed by atoms with E-state index < -0.39 is 12.1 Å². The predicted octanol–water partition coefficient (Wildman–Crippen LogP) is 3.84. The van der Waals surface area contributed by atoms with Crippen LogP contribution in [0.25, 0.3) is 16.9 Å². The molecule has 0 aliphatic carbocycles. The van der Waals surface area contributed by atoms with E-state index in [2.05, 4.69) is 20.9 Å². The first kappa shape index (κ1) is 16.0. The molecule has 2 N–H and O–H groups in total. The van der Waals surface area contributed by atoms with Gasteiger partial charge in [-0.05, 0) is 30.7 Å². The standard InChI is InChI=1S/C16H12BrClN2O3/c1-8-5-12-19-11(9-3-2-4-10(17)6-9)7-20(12)15(18)13(8)14(21)16(22)23/h2-7,14,21H,1H3,(H,22,23). The molecule has 0 aliphatic heterocycles. The van der Waals surface area contributed by atoms with Gasteiger partial charge in [0.05, 0.1) is 5.69 Å². The molecule has 3 rings (SSSR count). The quantitative estimate of drug-likeness (QED) is 0.661. The SMILES string of the molecule is Cc1cc2nc(-c3cccc(Br)c3)cn2c(Cl)c1C(O)C(=O)O. The number of aryl methyl sites for hydroxylation is 1. The molecule has 3 aromatic rings. The van der Waals surface area contributed by atoms with Crippen molar-refractivity contribution in [2.75, 3.05) is 0 Å². The predicted molar refractivity (Wildman–Crippen MR) is 90.7 cm³/mol. The Morgan fingerprint density at radius 3 is 2.78 bits per heavy atom. The minimum atomic E-state index is -1.68. The monoisotopic (exact) mass is 394 g/mol. The van der Waals surface area contributed by atoms with Crippen LogP contribution in [0.15, 0.2) is 41.0 Å². The molecule has 118 valence electrons. The normalized spacial score (nSPS) is 12.5. The van der Waals surface area contributed by atoms with Crippen LogP contribution >= 0.6 is 27.5 Å². The van der Waals surface area contributed by atoms with Gasteiger partial charge in [-0.3, -0.25) is 4.40 Å². The number of rotatable bonds is 3. The molecule has 1 unspecified atom stereocenters. The number of aliphatic hydroxyl groups excluding tert-OH is 1. The number of carboxylic acid groups (broad SMARTS) is 1. The summed E-state index contributed by atoms with van der Waals surface area (Å²) in [5.74, 6) is -1.35. The molecule has 2 heterocycles. The van der Waals surface area contributed by atoms with Gasteiger partial charge >= 0.3 is 5.97 Å². The van der Waals surface area contributed by atoms with Crippen molar-refractivity contribution in [1.82, 2.24) is 9.38 Å². The molecule has 0 amide bonds. The minimum absolute atomic E-state index is 0.142. The van der Waals surface area contributed by atoms with Gasteiger partial charge < -0.3 is 10.2 Å². The Kier molecular flexibility index (Phi) is 4.14. The molecule has 0 aliphatic rings. The van der Waals surface area contributed by atoms with Crippen molar-refractivity contribution >= 4 is 39.1 Å². The topological polar surface area (TPSA) is 74.8 Å². The van der Waals surface area contributed by atoms with Crippen molar-refractivity contribution in [3.63, 3.8) is 0 Å². The van der Waals surface area contributed by atoms with Crippen LogP contribution in [0.4, 0.5) is 0 Å². The average molecular weight is 396 g/mol.